The molecule has 0 saturated carbocycles. The summed E-state index contributed by atoms with van der Waals surface area (Å²) in [7, 11) is 1.43. The molecule has 1 N–H and O–H groups in total. The fourth-order valence-electron chi connectivity index (χ4n) is 3.41. The van der Waals surface area contributed by atoms with Gasteiger partial charge in [0.2, 0.25) is 11.6 Å². The molecule has 1 atom stereocenters. The molecule has 2 aromatic rings. The van der Waals surface area contributed by atoms with Crippen LogP contribution in [-0.2, 0) is 28.9 Å². The highest BCUT2D eigenvalue weighted by Crippen LogP contribution is 2.33. The molecule has 1 amide bonds. The Morgan fingerprint density at radius 3 is 2.66 bits per heavy atom. The van der Waals surface area contributed by atoms with Gasteiger partial charge in [-0.1, -0.05) is 9.61 Å². The molecular weight excluding hydrogens is 426 g/mol. The molecule has 1 aliphatic heterocycles. The second-order valence-electron chi connectivity index (χ2n) is 6.94. The van der Waals surface area contributed by atoms with Gasteiger partial charge in [0.15, 0.2) is 5.01 Å². The number of carbonyl (C=O) groups is 1. The third-order valence-corrected chi connectivity index (χ3v) is 5.56. The minimum atomic E-state index is -4.67. The average Bonchev–Trinajstić information content (AvgIpc) is 3.21. The Morgan fingerprint density at radius 2 is 2.03 bits per heavy atom. The van der Waals surface area contributed by atoms with Crippen molar-refractivity contribution >= 4 is 22.2 Å². The number of amides is 1. The highest BCUT2D eigenvalue weighted by Gasteiger charge is 2.45. The van der Waals surface area contributed by atoms with Gasteiger partial charge in [0.25, 0.3) is 5.69 Å². The molecule has 1 fully saturated rings. The zero-order chi connectivity index (χ0) is 21.4. The predicted octanol–water partition coefficient (Wildman–Crippen LogP) is 3.46. The fraction of sp³-hybridized carbons (Fsp3) is 0.688. The van der Waals surface area contributed by atoms with Crippen LogP contribution in [0.2, 0.25) is 0 Å². The van der Waals surface area contributed by atoms with Crippen molar-refractivity contribution < 1.29 is 40.4 Å². The summed E-state index contributed by atoms with van der Waals surface area (Å²) in [6, 6.07) is 0. The van der Waals surface area contributed by atoms with E-state index in [0.717, 1.165) is 15.9 Å². The summed E-state index contributed by atoms with van der Waals surface area (Å²) in [5, 5.41) is 4.58. The van der Waals surface area contributed by atoms with E-state index in [4.69, 9.17) is 4.74 Å². The van der Waals surface area contributed by atoms with Crippen LogP contribution in [0.4, 0.5) is 26.3 Å². The topological polar surface area (TPSA) is 62.3 Å². The molecule has 3 rings (SSSR count). The van der Waals surface area contributed by atoms with Gasteiger partial charge in [-0.05, 0) is 30.1 Å². The van der Waals surface area contributed by atoms with Gasteiger partial charge in [0, 0.05) is 26.5 Å². The summed E-state index contributed by atoms with van der Waals surface area (Å²) in [6.45, 7) is -0.0779. The van der Waals surface area contributed by atoms with Crippen molar-refractivity contribution in [3.63, 3.8) is 0 Å². The van der Waals surface area contributed by atoms with E-state index >= 15 is 0 Å². The Balaban J connectivity index is 1.77. The zero-order valence-corrected chi connectivity index (χ0v) is 16.2. The van der Waals surface area contributed by atoms with Crippen molar-refractivity contribution in [3.05, 3.63) is 16.4 Å². The predicted molar refractivity (Wildman–Crippen MR) is 88.8 cm³/mol. The molecule has 162 valence electrons. The molecule has 1 saturated heterocycles. The fourth-order valence-corrected chi connectivity index (χ4v) is 4.33. The first-order valence-electron chi connectivity index (χ1n) is 8.81. The second-order valence-corrected chi connectivity index (χ2v) is 8.00. The number of H-pyrrole nitrogens is 1. The number of fused-ring (bicyclic) bond motifs is 1. The van der Waals surface area contributed by atoms with E-state index in [2.05, 4.69) is 10.1 Å². The number of methoxy groups -OCH3 is 1. The van der Waals surface area contributed by atoms with Crippen LogP contribution in [0.5, 0.6) is 0 Å². The van der Waals surface area contributed by atoms with Gasteiger partial charge in [-0.3, -0.25) is 4.79 Å². The average molecular weight is 445 g/mol. The summed E-state index contributed by atoms with van der Waals surface area (Å²) in [5.41, 5.74) is -1.20. The number of hydrogen-bond donors (Lipinski definition) is 1. The second kappa shape index (κ2) is 8.09. The van der Waals surface area contributed by atoms with Crippen molar-refractivity contribution in [1.29, 1.82) is 0 Å². The Labute approximate surface area is 165 Å². The summed E-state index contributed by atoms with van der Waals surface area (Å²) in [5.74, 6) is -0.685. The van der Waals surface area contributed by atoms with E-state index in [1.54, 1.807) is 0 Å². The van der Waals surface area contributed by atoms with E-state index in [0.29, 0.717) is 5.01 Å². The number of imidazole rings is 1. The van der Waals surface area contributed by atoms with Gasteiger partial charge >= 0.3 is 17.3 Å². The molecule has 2 aromatic heterocycles. The Hall–Kier alpha value is -1.89. The molecular formula is C16H19F6N4O2S+. The molecule has 0 radical (unpaired) electrons. The number of rotatable bonds is 7. The first-order chi connectivity index (χ1) is 13.5. The van der Waals surface area contributed by atoms with Gasteiger partial charge in [-0.2, -0.15) is 26.3 Å². The zero-order valence-electron chi connectivity index (χ0n) is 15.4. The maximum absolute atomic E-state index is 13.4. The molecule has 1 aliphatic rings. The van der Waals surface area contributed by atoms with E-state index < -0.39 is 24.5 Å². The summed E-state index contributed by atoms with van der Waals surface area (Å²) >= 11 is 1.01. The molecule has 0 bridgehead atoms. The molecule has 29 heavy (non-hydrogen) atoms. The minimum Gasteiger partial charge on any atom is -0.377 e. The van der Waals surface area contributed by atoms with Gasteiger partial charge in [-0.25, -0.2) is 4.98 Å². The van der Waals surface area contributed by atoms with Gasteiger partial charge in [0.1, 0.15) is 6.61 Å². The van der Waals surface area contributed by atoms with Crippen LogP contribution in [-0.4, -0.2) is 40.7 Å². The lowest BCUT2D eigenvalue weighted by Gasteiger charge is -2.15. The van der Waals surface area contributed by atoms with Gasteiger partial charge < -0.3 is 9.64 Å². The third-order valence-electron chi connectivity index (χ3n) is 4.65. The number of likely N-dealkylation sites (tertiary alicyclic amines) is 1. The monoisotopic (exact) mass is 445 g/mol. The van der Waals surface area contributed by atoms with Crippen molar-refractivity contribution in [3.8, 4) is 0 Å². The number of ether oxygens (including phenoxy) is 1. The SMILES string of the molecule is COCc1n[n+]2c(CN3C[C@@H](CCCC(F)(F)F)CC3=O)c(C(F)(F)F)[nH]c2s1. The quantitative estimate of drug-likeness (QED) is 0.525. The van der Waals surface area contributed by atoms with Crippen molar-refractivity contribution in [1.82, 2.24) is 15.0 Å². The lowest BCUT2D eigenvalue weighted by atomic mass is 10.0. The first kappa shape index (κ1) is 21.8. The summed E-state index contributed by atoms with van der Waals surface area (Å²) in [4.78, 5) is 16.0. The number of nitrogens with one attached hydrogen (secondary N) is 1. The molecule has 13 heteroatoms. The lowest BCUT2D eigenvalue weighted by Crippen LogP contribution is -2.35. The number of aromatic amines is 1. The number of alkyl halides is 6. The standard InChI is InChI=1S/C16H18F6N4O2S/c1-28-8-11-24-26-10(13(16(20,21)22)23-14(26)29-11)7-25-6-9(5-12(25)27)3-2-4-15(17,18)19/h9H,2-8H2,1H3/p+1/t9-/m0/s1. The maximum Gasteiger partial charge on any atom is 0.457 e. The summed E-state index contributed by atoms with van der Waals surface area (Å²) in [6.07, 6.45) is -9.76. The van der Waals surface area contributed by atoms with E-state index in [1.165, 1.54) is 12.0 Å². The van der Waals surface area contributed by atoms with Gasteiger partial charge in [-0.15, -0.1) is 0 Å². The number of aromatic nitrogens is 3. The number of nitrogens with zero attached hydrogens (tertiary/aromatic N) is 3. The molecule has 0 spiro atoms. The Morgan fingerprint density at radius 1 is 1.31 bits per heavy atom. The number of halogens is 6. The Kier molecular flexibility index (Phi) is 6.08. The van der Waals surface area contributed by atoms with Crippen LogP contribution in [0.15, 0.2) is 0 Å². The number of carbonyl (C=O) groups excluding carboxylic acids is 1. The smallest absolute Gasteiger partial charge is 0.377 e. The normalized spacial score (nSPS) is 18.4. The maximum atomic E-state index is 13.4. The molecule has 6 nitrogen and oxygen atoms in total. The number of hydrogen-bond acceptors (Lipinski definition) is 4. The minimum absolute atomic E-state index is 0.0312. The largest absolute Gasteiger partial charge is 0.457 e. The van der Waals surface area contributed by atoms with Gasteiger partial charge in [0.05, 0.1) is 6.54 Å². The van der Waals surface area contributed by atoms with E-state index in [1.807, 2.05) is 0 Å². The van der Waals surface area contributed by atoms with Crippen LogP contribution in [0.1, 0.15) is 42.1 Å². The van der Waals surface area contributed by atoms with Crippen LogP contribution >= 0.6 is 11.3 Å². The first-order valence-corrected chi connectivity index (χ1v) is 9.63. The van der Waals surface area contributed by atoms with Crippen LogP contribution in [0.25, 0.3) is 4.96 Å². The Bertz CT molecular complexity index is 875. The highest BCUT2D eigenvalue weighted by atomic mass is 32.1. The van der Waals surface area contributed by atoms with Crippen molar-refractivity contribution in [2.75, 3.05) is 13.7 Å². The highest BCUT2D eigenvalue weighted by molar-refractivity contribution is 7.16. The molecule has 0 aromatic carbocycles. The van der Waals surface area contributed by atoms with Crippen molar-refractivity contribution in [2.24, 2.45) is 5.92 Å². The van der Waals surface area contributed by atoms with E-state index in [9.17, 15) is 31.1 Å². The lowest BCUT2D eigenvalue weighted by molar-refractivity contribution is -0.585. The van der Waals surface area contributed by atoms with Crippen LogP contribution < -0.4 is 4.52 Å². The summed E-state index contributed by atoms with van der Waals surface area (Å²) < 4.78 is 83.2. The third kappa shape index (κ3) is 5.18. The molecule has 0 unspecified atom stereocenters. The van der Waals surface area contributed by atoms with E-state index in [-0.39, 0.29) is 61.4 Å². The molecule has 0 aliphatic carbocycles. The van der Waals surface area contributed by atoms with Crippen molar-refractivity contribution in [2.45, 2.75) is 51.2 Å². The molecule has 3 heterocycles. The van der Waals surface area contributed by atoms with Crippen LogP contribution in [0.3, 0.4) is 0 Å². The van der Waals surface area contributed by atoms with Crippen LogP contribution in [0, 0.1) is 5.92 Å².